The summed E-state index contributed by atoms with van der Waals surface area (Å²) in [4.78, 5) is 20.2. The topological polar surface area (TPSA) is 54.9 Å². The summed E-state index contributed by atoms with van der Waals surface area (Å²) in [6.07, 6.45) is 4.92. The maximum atomic E-state index is 12.1. The molecule has 0 spiro atoms. The van der Waals surface area contributed by atoms with Gasteiger partial charge in [-0.05, 0) is 53.0 Å². The van der Waals surface area contributed by atoms with E-state index in [0.717, 1.165) is 15.6 Å². The molecule has 0 aliphatic carbocycles. The Morgan fingerprint density at radius 2 is 2.06 bits per heavy atom. The summed E-state index contributed by atoms with van der Waals surface area (Å²) in [6, 6.07) is 3.60. The van der Waals surface area contributed by atoms with E-state index in [1.807, 2.05) is 19.9 Å². The molecular formula is C13H12BrN3O. The van der Waals surface area contributed by atoms with Crippen LogP contribution in [0.4, 0.5) is 5.82 Å². The van der Waals surface area contributed by atoms with E-state index in [2.05, 4.69) is 31.2 Å². The van der Waals surface area contributed by atoms with Crippen molar-refractivity contribution in [3.8, 4) is 0 Å². The Bertz CT molecular complexity index is 599. The molecule has 0 saturated carbocycles. The molecule has 4 nitrogen and oxygen atoms in total. The standard InChI is InChI=1S/C13H12BrN3O/c1-8-5-10(14)7-16-12(8)17-13(18)11-3-4-15-6-9(11)2/h3-7H,1-2H3,(H,16,17,18). The van der Waals surface area contributed by atoms with E-state index >= 15 is 0 Å². The second-order valence-corrected chi connectivity index (χ2v) is 4.88. The van der Waals surface area contributed by atoms with Crippen LogP contribution in [0.1, 0.15) is 21.5 Å². The quantitative estimate of drug-likeness (QED) is 0.927. The van der Waals surface area contributed by atoms with Crippen molar-refractivity contribution < 1.29 is 4.79 Å². The Balaban J connectivity index is 2.24. The highest BCUT2D eigenvalue weighted by molar-refractivity contribution is 9.10. The fraction of sp³-hybridized carbons (Fsp3) is 0.154. The van der Waals surface area contributed by atoms with Crippen LogP contribution in [-0.2, 0) is 0 Å². The summed E-state index contributed by atoms with van der Waals surface area (Å²) in [6.45, 7) is 3.75. The number of aryl methyl sites for hydroxylation is 2. The van der Waals surface area contributed by atoms with Crippen molar-refractivity contribution in [2.75, 3.05) is 5.32 Å². The number of carbonyl (C=O) groups excluding carboxylic acids is 1. The van der Waals surface area contributed by atoms with Crippen LogP contribution in [0.2, 0.25) is 0 Å². The highest BCUT2D eigenvalue weighted by Crippen LogP contribution is 2.18. The van der Waals surface area contributed by atoms with Crippen molar-refractivity contribution in [2.45, 2.75) is 13.8 Å². The number of halogens is 1. The van der Waals surface area contributed by atoms with Crippen LogP contribution < -0.4 is 5.32 Å². The lowest BCUT2D eigenvalue weighted by atomic mass is 10.1. The van der Waals surface area contributed by atoms with Gasteiger partial charge < -0.3 is 5.32 Å². The minimum absolute atomic E-state index is 0.173. The van der Waals surface area contributed by atoms with Gasteiger partial charge in [-0.1, -0.05) is 0 Å². The van der Waals surface area contributed by atoms with Crippen molar-refractivity contribution in [1.29, 1.82) is 0 Å². The minimum Gasteiger partial charge on any atom is -0.306 e. The van der Waals surface area contributed by atoms with Gasteiger partial charge in [0.1, 0.15) is 5.82 Å². The third-order valence-corrected chi connectivity index (χ3v) is 2.98. The van der Waals surface area contributed by atoms with E-state index in [1.54, 1.807) is 24.7 Å². The number of pyridine rings is 2. The predicted octanol–water partition coefficient (Wildman–Crippen LogP) is 3.11. The van der Waals surface area contributed by atoms with Crippen molar-refractivity contribution in [2.24, 2.45) is 0 Å². The molecule has 5 heteroatoms. The van der Waals surface area contributed by atoms with E-state index in [-0.39, 0.29) is 5.91 Å². The number of rotatable bonds is 2. The van der Waals surface area contributed by atoms with Gasteiger partial charge in [-0.2, -0.15) is 0 Å². The van der Waals surface area contributed by atoms with Crippen LogP contribution in [0.25, 0.3) is 0 Å². The molecule has 92 valence electrons. The Morgan fingerprint density at radius 1 is 1.28 bits per heavy atom. The Kier molecular flexibility index (Phi) is 3.72. The molecular weight excluding hydrogens is 294 g/mol. The molecule has 0 atom stereocenters. The maximum Gasteiger partial charge on any atom is 0.257 e. The van der Waals surface area contributed by atoms with E-state index in [0.29, 0.717) is 11.4 Å². The molecule has 18 heavy (non-hydrogen) atoms. The van der Waals surface area contributed by atoms with Gasteiger partial charge in [0.15, 0.2) is 0 Å². The van der Waals surface area contributed by atoms with Crippen LogP contribution >= 0.6 is 15.9 Å². The van der Waals surface area contributed by atoms with Crippen molar-refractivity contribution in [3.05, 3.63) is 51.9 Å². The molecule has 0 fully saturated rings. The largest absolute Gasteiger partial charge is 0.306 e. The Morgan fingerprint density at radius 3 is 2.72 bits per heavy atom. The van der Waals surface area contributed by atoms with Gasteiger partial charge >= 0.3 is 0 Å². The average Bonchev–Trinajstić information content (AvgIpc) is 2.33. The smallest absolute Gasteiger partial charge is 0.257 e. The molecule has 0 unspecified atom stereocenters. The van der Waals surface area contributed by atoms with Gasteiger partial charge in [0.2, 0.25) is 0 Å². The lowest BCUT2D eigenvalue weighted by Crippen LogP contribution is -2.15. The molecule has 2 aromatic rings. The zero-order valence-corrected chi connectivity index (χ0v) is 11.7. The molecule has 2 heterocycles. The SMILES string of the molecule is Cc1cnccc1C(=O)Nc1ncc(Br)cc1C. The Labute approximate surface area is 114 Å². The number of nitrogens with one attached hydrogen (secondary N) is 1. The summed E-state index contributed by atoms with van der Waals surface area (Å²) >= 11 is 3.34. The first-order valence-electron chi connectivity index (χ1n) is 5.42. The maximum absolute atomic E-state index is 12.1. The number of amides is 1. The van der Waals surface area contributed by atoms with Gasteiger partial charge in [-0.15, -0.1) is 0 Å². The summed E-state index contributed by atoms with van der Waals surface area (Å²) in [5.41, 5.74) is 2.35. The molecule has 1 N–H and O–H groups in total. The normalized spacial score (nSPS) is 10.2. The molecule has 1 amide bonds. The van der Waals surface area contributed by atoms with Crippen LogP contribution in [-0.4, -0.2) is 15.9 Å². The van der Waals surface area contributed by atoms with Gasteiger partial charge in [-0.25, -0.2) is 4.98 Å². The lowest BCUT2D eigenvalue weighted by Gasteiger charge is -2.08. The molecule has 0 bridgehead atoms. The number of hydrogen-bond donors (Lipinski definition) is 1. The summed E-state index contributed by atoms with van der Waals surface area (Å²) in [5, 5.41) is 2.80. The Hall–Kier alpha value is -1.75. The highest BCUT2D eigenvalue weighted by Gasteiger charge is 2.11. The summed E-state index contributed by atoms with van der Waals surface area (Å²) < 4.78 is 0.887. The molecule has 2 rings (SSSR count). The first kappa shape index (κ1) is 12.7. The number of hydrogen-bond acceptors (Lipinski definition) is 3. The number of aromatic nitrogens is 2. The van der Waals surface area contributed by atoms with Crippen LogP contribution in [0.5, 0.6) is 0 Å². The first-order chi connectivity index (χ1) is 8.58. The average molecular weight is 306 g/mol. The second kappa shape index (κ2) is 5.27. The van der Waals surface area contributed by atoms with E-state index in [1.165, 1.54) is 0 Å². The van der Waals surface area contributed by atoms with Crippen LogP contribution in [0.15, 0.2) is 35.2 Å². The fourth-order valence-electron chi connectivity index (χ4n) is 1.57. The molecule has 0 aliphatic heterocycles. The van der Waals surface area contributed by atoms with Crippen molar-refractivity contribution in [1.82, 2.24) is 9.97 Å². The lowest BCUT2D eigenvalue weighted by molar-refractivity contribution is 0.102. The van der Waals surface area contributed by atoms with Gasteiger partial charge in [0.25, 0.3) is 5.91 Å². The minimum atomic E-state index is -0.173. The number of nitrogens with zero attached hydrogens (tertiary/aromatic N) is 2. The van der Waals surface area contributed by atoms with E-state index in [9.17, 15) is 4.79 Å². The van der Waals surface area contributed by atoms with Gasteiger partial charge in [-0.3, -0.25) is 9.78 Å². The van der Waals surface area contributed by atoms with Crippen molar-refractivity contribution in [3.63, 3.8) is 0 Å². The fourth-order valence-corrected chi connectivity index (χ4v) is 2.02. The summed E-state index contributed by atoms with van der Waals surface area (Å²) in [5.74, 6) is 0.396. The monoisotopic (exact) mass is 305 g/mol. The summed E-state index contributed by atoms with van der Waals surface area (Å²) in [7, 11) is 0. The van der Waals surface area contributed by atoms with E-state index < -0.39 is 0 Å². The predicted molar refractivity (Wildman–Crippen MR) is 73.6 cm³/mol. The molecule has 0 radical (unpaired) electrons. The molecule has 0 aliphatic rings. The number of anilines is 1. The van der Waals surface area contributed by atoms with Gasteiger partial charge in [0.05, 0.1) is 0 Å². The third kappa shape index (κ3) is 2.73. The molecule has 2 aromatic heterocycles. The number of carbonyl (C=O) groups is 1. The van der Waals surface area contributed by atoms with E-state index in [4.69, 9.17) is 0 Å². The second-order valence-electron chi connectivity index (χ2n) is 3.96. The first-order valence-corrected chi connectivity index (χ1v) is 6.21. The van der Waals surface area contributed by atoms with Crippen LogP contribution in [0, 0.1) is 13.8 Å². The zero-order valence-electron chi connectivity index (χ0n) is 10.1. The van der Waals surface area contributed by atoms with Crippen molar-refractivity contribution >= 4 is 27.7 Å². The third-order valence-electron chi connectivity index (χ3n) is 2.54. The molecule has 0 saturated heterocycles. The van der Waals surface area contributed by atoms with Crippen LogP contribution in [0.3, 0.4) is 0 Å². The zero-order chi connectivity index (χ0) is 13.1. The van der Waals surface area contributed by atoms with Gasteiger partial charge in [0, 0.05) is 28.6 Å². The highest BCUT2D eigenvalue weighted by atomic mass is 79.9. The molecule has 0 aromatic carbocycles.